The van der Waals surface area contributed by atoms with Gasteiger partial charge in [-0.15, -0.1) is 0 Å². The molecule has 5 nitrogen and oxygen atoms in total. The van der Waals surface area contributed by atoms with Crippen LogP contribution in [0.15, 0.2) is 34.5 Å². The highest BCUT2D eigenvalue weighted by Crippen LogP contribution is 2.42. The molecule has 0 radical (unpaired) electrons. The van der Waals surface area contributed by atoms with E-state index in [2.05, 4.69) is 50.1 Å². The number of nitrogens with one attached hydrogen (secondary N) is 1. The van der Waals surface area contributed by atoms with Crippen LogP contribution in [0.4, 0.5) is 0 Å². The summed E-state index contributed by atoms with van der Waals surface area (Å²) in [4.78, 5) is 22.8. The van der Waals surface area contributed by atoms with Crippen molar-refractivity contribution in [2.45, 2.75) is 70.8 Å². The molecule has 208 valence electrons. The normalized spacial score (nSPS) is 25.1. The van der Waals surface area contributed by atoms with E-state index < -0.39 is 0 Å². The third kappa shape index (κ3) is 6.74. The van der Waals surface area contributed by atoms with E-state index in [1.165, 1.54) is 48.1 Å². The SMILES string of the molecule is CC1=C(N=CCBr)C(N2CCC(C3CCN(C(=O)CC4CCNCC4)CC3)CC2)c2ccc(Cl)cc2CC1. The molecular formula is C31H44BrClN4O. The Labute approximate surface area is 242 Å². The number of alkyl halides is 1. The van der Waals surface area contributed by atoms with Gasteiger partial charge in [0.1, 0.15) is 0 Å². The Kier molecular flexibility index (Phi) is 10.0. The van der Waals surface area contributed by atoms with Crippen molar-refractivity contribution in [1.82, 2.24) is 15.1 Å². The standard InChI is InChI=1S/C31H44BrClN4O/c1-22-2-3-26-21-27(33)4-5-28(26)31(30(22)35-15-12-32)37-18-10-25(11-19-37)24-8-16-36(17-9-24)29(38)20-23-6-13-34-14-7-23/h4-5,15,21,23-25,31,34H,2-3,6-14,16-20H2,1H3. The number of hydrogen-bond acceptors (Lipinski definition) is 4. The Balaban J connectivity index is 1.20. The number of halogens is 2. The molecule has 1 aliphatic carbocycles. The van der Waals surface area contributed by atoms with E-state index in [4.69, 9.17) is 16.6 Å². The first kappa shape index (κ1) is 28.3. The molecule has 1 N–H and O–H groups in total. The maximum Gasteiger partial charge on any atom is 0.222 e. The van der Waals surface area contributed by atoms with Gasteiger partial charge in [0.2, 0.25) is 5.91 Å². The van der Waals surface area contributed by atoms with Gasteiger partial charge in [0, 0.05) is 36.1 Å². The number of aryl methyl sites for hydroxylation is 1. The molecule has 3 saturated heterocycles. The second kappa shape index (κ2) is 13.4. The van der Waals surface area contributed by atoms with Gasteiger partial charge in [0.05, 0.1) is 11.7 Å². The Morgan fingerprint density at radius 3 is 2.42 bits per heavy atom. The molecule has 1 atom stereocenters. The maximum atomic E-state index is 12.9. The molecule has 3 fully saturated rings. The topological polar surface area (TPSA) is 47.9 Å². The van der Waals surface area contributed by atoms with E-state index in [1.54, 1.807) is 0 Å². The molecule has 3 heterocycles. The molecule has 7 heteroatoms. The van der Waals surface area contributed by atoms with Crippen LogP contribution in [0.3, 0.4) is 0 Å². The molecule has 1 amide bonds. The molecule has 5 rings (SSSR count). The summed E-state index contributed by atoms with van der Waals surface area (Å²) in [5, 5.41) is 5.01. The van der Waals surface area contributed by atoms with Gasteiger partial charge in [0.15, 0.2) is 0 Å². The van der Waals surface area contributed by atoms with Crippen LogP contribution in [0.5, 0.6) is 0 Å². The molecular weight excluding hydrogens is 560 g/mol. The molecule has 0 bridgehead atoms. The fraction of sp³-hybridized carbons (Fsp3) is 0.677. The lowest BCUT2D eigenvalue weighted by Crippen LogP contribution is -2.44. The van der Waals surface area contributed by atoms with Crippen LogP contribution in [-0.4, -0.2) is 66.5 Å². The summed E-state index contributed by atoms with van der Waals surface area (Å²) in [6, 6.07) is 6.66. The Bertz CT molecular complexity index is 1020. The van der Waals surface area contributed by atoms with E-state index >= 15 is 0 Å². The summed E-state index contributed by atoms with van der Waals surface area (Å²) in [5.74, 6) is 2.50. The molecule has 0 aromatic heterocycles. The molecule has 4 aliphatic rings. The number of allylic oxidation sites excluding steroid dienone is 1. The van der Waals surface area contributed by atoms with Gasteiger partial charge in [-0.3, -0.25) is 14.7 Å². The summed E-state index contributed by atoms with van der Waals surface area (Å²) >= 11 is 9.95. The van der Waals surface area contributed by atoms with Crippen LogP contribution in [0, 0.1) is 17.8 Å². The van der Waals surface area contributed by atoms with Crippen molar-refractivity contribution in [1.29, 1.82) is 0 Å². The Hall–Kier alpha value is -1.21. The lowest BCUT2D eigenvalue weighted by Gasteiger charge is -2.43. The number of rotatable bonds is 6. The number of benzene rings is 1. The van der Waals surface area contributed by atoms with E-state index in [9.17, 15) is 4.79 Å². The van der Waals surface area contributed by atoms with Gasteiger partial charge in [-0.05, 0) is 131 Å². The second-order valence-corrected chi connectivity index (χ2v) is 13.0. The van der Waals surface area contributed by atoms with Crippen LogP contribution in [0.2, 0.25) is 5.02 Å². The third-order valence-electron chi connectivity index (χ3n) is 9.58. The minimum absolute atomic E-state index is 0.204. The van der Waals surface area contributed by atoms with Crippen molar-refractivity contribution < 1.29 is 4.79 Å². The lowest BCUT2D eigenvalue weighted by molar-refractivity contribution is -0.134. The van der Waals surface area contributed by atoms with Gasteiger partial charge in [-0.1, -0.05) is 33.6 Å². The van der Waals surface area contributed by atoms with Gasteiger partial charge in [-0.25, -0.2) is 0 Å². The fourth-order valence-corrected chi connectivity index (χ4v) is 7.64. The quantitative estimate of drug-likeness (QED) is 0.302. The number of aliphatic imine (C=N–C) groups is 1. The van der Waals surface area contributed by atoms with Crippen LogP contribution in [0.25, 0.3) is 0 Å². The summed E-state index contributed by atoms with van der Waals surface area (Å²) in [5.41, 5.74) is 5.37. The number of hydrogen-bond donors (Lipinski definition) is 1. The van der Waals surface area contributed by atoms with Crippen LogP contribution < -0.4 is 5.32 Å². The van der Waals surface area contributed by atoms with Gasteiger partial charge >= 0.3 is 0 Å². The highest BCUT2D eigenvalue weighted by atomic mass is 79.9. The number of amides is 1. The number of piperidine rings is 3. The zero-order valence-corrected chi connectivity index (χ0v) is 25.3. The summed E-state index contributed by atoms with van der Waals surface area (Å²) < 4.78 is 0. The van der Waals surface area contributed by atoms with Crippen molar-refractivity contribution in [3.8, 4) is 0 Å². The first-order valence-corrected chi connectivity index (χ1v) is 16.3. The summed E-state index contributed by atoms with van der Waals surface area (Å²) in [6.07, 6.45) is 11.9. The number of carbonyl (C=O) groups is 1. The smallest absolute Gasteiger partial charge is 0.222 e. The lowest BCUT2D eigenvalue weighted by atomic mass is 9.78. The molecule has 3 aliphatic heterocycles. The van der Waals surface area contributed by atoms with Crippen molar-refractivity contribution in [3.05, 3.63) is 45.6 Å². The van der Waals surface area contributed by atoms with Crippen LogP contribution in [0.1, 0.15) is 75.5 Å². The number of fused-ring (bicyclic) bond motifs is 1. The fourth-order valence-electron chi connectivity index (χ4n) is 7.30. The predicted octanol–water partition coefficient (Wildman–Crippen LogP) is 6.41. The van der Waals surface area contributed by atoms with Gasteiger partial charge < -0.3 is 10.2 Å². The monoisotopic (exact) mass is 602 g/mol. The largest absolute Gasteiger partial charge is 0.343 e. The average Bonchev–Trinajstić information content (AvgIpc) is 3.08. The van der Waals surface area contributed by atoms with E-state index in [1.807, 2.05) is 12.3 Å². The van der Waals surface area contributed by atoms with Crippen LogP contribution in [-0.2, 0) is 11.2 Å². The molecule has 0 spiro atoms. The highest BCUT2D eigenvalue weighted by Gasteiger charge is 2.36. The first-order chi connectivity index (χ1) is 18.5. The average molecular weight is 604 g/mol. The van der Waals surface area contributed by atoms with E-state index in [0.717, 1.165) is 93.6 Å². The summed E-state index contributed by atoms with van der Waals surface area (Å²) in [7, 11) is 0. The zero-order chi connectivity index (χ0) is 26.5. The molecule has 1 aromatic carbocycles. The van der Waals surface area contributed by atoms with E-state index in [-0.39, 0.29) is 6.04 Å². The molecule has 1 aromatic rings. The van der Waals surface area contributed by atoms with Crippen molar-refractivity contribution in [2.75, 3.05) is 44.6 Å². The molecule has 1 unspecified atom stereocenters. The van der Waals surface area contributed by atoms with Gasteiger partial charge in [-0.2, -0.15) is 0 Å². The minimum Gasteiger partial charge on any atom is -0.343 e. The zero-order valence-electron chi connectivity index (χ0n) is 22.9. The molecule has 38 heavy (non-hydrogen) atoms. The van der Waals surface area contributed by atoms with Crippen LogP contribution >= 0.6 is 27.5 Å². The Morgan fingerprint density at radius 1 is 1.05 bits per heavy atom. The number of carbonyl (C=O) groups excluding carboxylic acids is 1. The second-order valence-electron chi connectivity index (χ2n) is 11.9. The molecule has 0 saturated carbocycles. The van der Waals surface area contributed by atoms with E-state index in [0.29, 0.717) is 11.8 Å². The minimum atomic E-state index is 0.204. The van der Waals surface area contributed by atoms with Crippen molar-refractivity contribution >= 4 is 39.7 Å². The third-order valence-corrected chi connectivity index (χ3v) is 10.1. The predicted molar refractivity (Wildman–Crippen MR) is 161 cm³/mol. The number of likely N-dealkylation sites (tertiary alicyclic amines) is 2. The van der Waals surface area contributed by atoms with Crippen molar-refractivity contribution in [3.63, 3.8) is 0 Å². The maximum absolute atomic E-state index is 12.9. The Morgan fingerprint density at radius 2 is 1.74 bits per heavy atom. The number of nitrogens with zero attached hydrogens (tertiary/aromatic N) is 3. The first-order valence-electron chi connectivity index (χ1n) is 14.8. The highest BCUT2D eigenvalue weighted by molar-refractivity contribution is 9.09. The van der Waals surface area contributed by atoms with Gasteiger partial charge in [0.25, 0.3) is 0 Å². The summed E-state index contributed by atoms with van der Waals surface area (Å²) in [6.45, 7) is 8.52. The van der Waals surface area contributed by atoms with Crippen molar-refractivity contribution in [2.24, 2.45) is 22.7 Å².